The van der Waals surface area contributed by atoms with Gasteiger partial charge in [-0.3, -0.25) is 9.97 Å². The first-order valence-electron chi connectivity index (χ1n) is 11.1. The predicted octanol–water partition coefficient (Wildman–Crippen LogP) is 7.62. The lowest BCUT2D eigenvalue weighted by Crippen LogP contribution is -2.12. The van der Waals surface area contributed by atoms with Gasteiger partial charge in [0.15, 0.2) is 0 Å². The van der Waals surface area contributed by atoms with Gasteiger partial charge in [0.2, 0.25) is 0 Å². The summed E-state index contributed by atoms with van der Waals surface area (Å²) in [5.74, 6) is 0.201. The van der Waals surface area contributed by atoms with E-state index in [2.05, 4.69) is 19.9 Å². The minimum Gasteiger partial charge on any atom is -0.340 e. The average molecular weight is 512 g/mol. The molecule has 0 radical (unpaired) electrons. The quantitative estimate of drug-likeness (QED) is 0.252. The Morgan fingerprint density at radius 3 is 2.19 bits per heavy atom. The fourth-order valence-electron chi connectivity index (χ4n) is 4.12. The van der Waals surface area contributed by atoms with Crippen LogP contribution in [0.1, 0.15) is 28.2 Å². The second-order valence-electron chi connectivity index (χ2n) is 8.57. The normalized spacial score (nSPS) is 12.3. The number of hydrogen-bond donors (Lipinski definition) is 1. The molecule has 0 spiro atoms. The summed E-state index contributed by atoms with van der Waals surface area (Å²) in [6, 6.07) is 16.1. The van der Waals surface area contributed by atoms with Crippen molar-refractivity contribution in [3.05, 3.63) is 101 Å². The van der Waals surface area contributed by atoms with Gasteiger partial charge in [-0.1, -0.05) is 18.2 Å². The van der Waals surface area contributed by atoms with Crippen LogP contribution in [0.5, 0.6) is 0 Å². The fraction of sp³-hybridized carbons (Fsp3) is 0.148. The van der Waals surface area contributed by atoms with Gasteiger partial charge in [-0.25, -0.2) is 4.98 Å². The standard InChI is InChI=1S/C27H18F6N4/c1-15-4-2-6-22(35-15)25-24(18-7-8-21-17(13-18)5-3-9-34-21)36-23(37-25)12-16-10-19(26(28,29)30)14-20(11-16)27(31,32)33/h2-11,13-14H,12H2,1H3,(H,36,37). The number of aromatic nitrogens is 4. The Labute approximate surface area is 207 Å². The topological polar surface area (TPSA) is 54.5 Å². The van der Waals surface area contributed by atoms with E-state index in [1.54, 1.807) is 30.5 Å². The van der Waals surface area contributed by atoms with Gasteiger partial charge in [0, 0.05) is 29.3 Å². The van der Waals surface area contributed by atoms with E-state index in [0.717, 1.165) is 16.6 Å². The molecular formula is C27H18F6N4. The number of alkyl halides is 6. The summed E-state index contributed by atoms with van der Waals surface area (Å²) >= 11 is 0. The summed E-state index contributed by atoms with van der Waals surface area (Å²) in [7, 11) is 0. The minimum absolute atomic E-state index is 0.113. The highest BCUT2D eigenvalue weighted by Crippen LogP contribution is 2.37. The van der Waals surface area contributed by atoms with Crippen LogP contribution in [0.2, 0.25) is 0 Å². The van der Waals surface area contributed by atoms with Crippen LogP contribution in [0.4, 0.5) is 26.3 Å². The van der Waals surface area contributed by atoms with Crippen LogP contribution < -0.4 is 0 Å². The number of pyridine rings is 2. The summed E-state index contributed by atoms with van der Waals surface area (Å²) in [5.41, 5.74) is 0.802. The molecule has 0 aliphatic heterocycles. The maximum atomic E-state index is 13.3. The molecule has 1 N–H and O–H groups in total. The summed E-state index contributed by atoms with van der Waals surface area (Å²) in [5, 5.41) is 0.848. The second kappa shape index (κ2) is 9.02. The van der Waals surface area contributed by atoms with E-state index in [1.165, 1.54) is 0 Å². The van der Waals surface area contributed by atoms with E-state index < -0.39 is 23.5 Å². The van der Waals surface area contributed by atoms with Crippen molar-refractivity contribution in [2.45, 2.75) is 25.7 Å². The number of halogens is 6. The first-order chi connectivity index (χ1) is 17.5. The van der Waals surface area contributed by atoms with Crippen LogP contribution in [-0.4, -0.2) is 19.9 Å². The molecule has 4 nitrogen and oxygen atoms in total. The largest absolute Gasteiger partial charge is 0.416 e. The first kappa shape index (κ1) is 24.5. The number of imidazole rings is 1. The Hall–Kier alpha value is -4.21. The van der Waals surface area contributed by atoms with Gasteiger partial charge in [0.05, 0.1) is 33.7 Å². The summed E-state index contributed by atoms with van der Waals surface area (Å²) in [6.07, 6.45) is -8.47. The molecule has 5 aromatic rings. The van der Waals surface area contributed by atoms with E-state index in [9.17, 15) is 26.3 Å². The molecule has 0 bridgehead atoms. The SMILES string of the molecule is Cc1cccc(-c2[nH]c(Cc3cc(C(F)(F)F)cc(C(F)(F)F)c3)nc2-c2ccc3ncccc3c2)n1. The van der Waals surface area contributed by atoms with Crippen LogP contribution in [-0.2, 0) is 18.8 Å². The Kier molecular flexibility index (Phi) is 5.97. The van der Waals surface area contributed by atoms with E-state index >= 15 is 0 Å². The van der Waals surface area contributed by atoms with Crippen LogP contribution >= 0.6 is 0 Å². The van der Waals surface area contributed by atoms with Crippen molar-refractivity contribution in [3.63, 3.8) is 0 Å². The molecule has 2 aromatic carbocycles. The zero-order valence-electron chi connectivity index (χ0n) is 19.2. The van der Waals surface area contributed by atoms with Crippen LogP contribution in [0.3, 0.4) is 0 Å². The molecule has 37 heavy (non-hydrogen) atoms. The number of H-pyrrole nitrogens is 1. The molecule has 0 atom stereocenters. The van der Waals surface area contributed by atoms with Gasteiger partial charge in [-0.15, -0.1) is 0 Å². The van der Waals surface area contributed by atoms with Gasteiger partial charge < -0.3 is 4.98 Å². The van der Waals surface area contributed by atoms with Crippen molar-refractivity contribution >= 4 is 10.9 Å². The molecule has 0 aliphatic carbocycles. The molecule has 0 saturated heterocycles. The number of rotatable bonds is 4. The maximum absolute atomic E-state index is 13.3. The molecule has 188 valence electrons. The molecule has 3 aromatic heterocycles. The number of nitrogens with zero attached hydrogens (tertiary/aromatic N) is 3. The third-order valence-corrected chi connectivity index (χ3v) is 5.79. The summed E-state index contributed by atoms with van der Waals surface area (Å²) < 4.78 is 80.1. The van der Waals surface area contributed by atoms with Crippen molar-refractivity contribution in [2.75, 3.05) is 0 Å². The zero-order valence-corrected chi connectivity index (χ0v) is 19.2. The molecule has 0 unspecified atom stereocenters. The number of hydrogen-bond acceptors (Lipinski definition) is 3. The molecule has 10 heteroatoms. The number of fused-ring (bicyclic) bond motifs is 1. The average Bonchev–Trinajstić information content (AvgIpc) is 3.26. The molecule has 0 aliphatic rings. The van der Waals surface area contributed by atoms with Gasteiger partial charge in [-0.05, 0) is 61.0 Å². The van der Waals surface area contributed by atoms with Gasteiger partial charge in [0.25, 0.3) is 0 Å². The lowest BCUT2D eigenvalue weighted by molar-refractivity contribution is -0.143. The van der Waals surface area contributed by atoms with Crippen molar-refractivity contribution < 1.29 is 26.3 Å². The third-order valence-electron chi connectivity index (χ3n) is 5.79. The molecule has 3 heterocycles. The molecular weight excluding hydrogens is 494 g/mol. The van der Waals surface area contributed by atoms with Crippen molar-refractivity contribution in [2.24, 2.45) is 0 Å². The Morgan fingerprint density at radius 2 is 1.51 bits per heavy atom. The van der Waals surface area contributed by atoms with E-state index in [-0.39, 0.29) is 23.9 Å². The highest BCUT2D eigenvalue weighted by atomic mass is 19.4. The minimum atomic E-state index is -4.93. The fourth-order valence-corrected chi connectivity index (χ4v) is 4.12. The van der Waals surface area contributed by atoms with E-state index in [0.29, 0.717) is 34.8 Å². The lowest BCUT2D eigenvalue weighted by atomic mass is 10.0. The molecule has 0 amide bonds. The Bertz CT molecular complexity index is 1570. The highest BCUT2D eigenvalue weighted by Gasteiger charge is 2.37. The number of aromatic amines is 1. The lowest BCUT2D eigenvalue weighted by Gasteiger charge is -2.13. The van der Waals surface area contributed by atoms with Crippen molar-refractivity contribution in [3.8, 4) is 22.6 Å². The third kappa shape index (κ3) is 5.18. The summed E-state index contributed by atoms with van der Waals surface area (Å²) in [4.78, 5) is 16.5. The van der Waals surface area contributed by atoms with Crippen LogP contribution in [0, 0.1) is 6.92 Å². The van der Waals surface area contributed by atoms with Crippen LogP contribution in [0.15, 0.2) is 72.9 Å². The maximum Gasteiger partial charge on any atom is 0.416 e. The first-order valence-corrected chi connectivity index (χ1v) is 11.1. The Balaban J connectivity index is 1.63. The number of nitrogens with one attached hydrogen (secondary N) is 1. The highest BCUT2D eigenvalue weighted by molar-refractivity contribution is 5.86. The predicted molar refractivity (Wildman–Crippen MR) is 127 cm³/mol. The zero-order chi connectivity index (χ0) is 26.4. The van der Waals surface area contributed by atoms with Gasteiger partial charge in [0.1, 0.15) is 5.82 Å². The number of aryl methyl sites for hydroxylation is 1. The van der Waals surface area contributed by atoms with Crippen LogP contribution in [0.25, 0.3) is 33.5 Å². The summed E-state index contributed by atoms with van der Waals surface area (Å²) in [6.45, 7) is 1.81. The van der Waals surface area contributed by atoms with Crippen molar-refractivity contribution in [1.29, 1.82) is 0 Å². The van der Waals surface area contributed by atoms with E-state index in [1.807, 2.05) is 31.2 Å². The van der Waals surface area contributed by atoms with Crippen molar-refractivity contribution in [1.82, 2.24) is 19.9 Å². The number of benzene rings is 2. The Morgan fingerprint density at radius 1 is 0.784 bits per heavy atom. The molecule has 0 saturated carbocycles. The second-order valence-corrected chi connectivity index (χ2v) is 8.57. The monoisotopic (exact) mass is 512 g/mol. The molecule has 5 rings (SSSR count). The van der Waals surface area contributed by atoms with E-state index in [4.69, 9.17) is 0 Å². The van der Waals surface area contributed by atoms with Gasteiger partial charge >= 0.3 is 12.4 Å². The van der Waals surface area contributed by atoms with Gasteiger partial charge in [-0.2, -0.15) is 26.3 Å². The smallest absolute Gasteiger partial charge is 0.340 e. The molecule has 0 fully saturated rings.